The molecule has 0 saturated heterocycles. The summed E-state index contributed by atoms with van der Waals surface area (Å²) in [4.78, 5) is 0. The standard InChI is InChI=1S/C15H28O/c1-13(2,3)10-11-15(8-7-9-15)12-16-14(4,5)6/h10-11H,7-9,12H2,1-6H3/b11-10+. The van der Waals surface area contributed by atoms with E-state index in [-0.39, 0.29) is 11.0 Å². The van der Waals surface area contributed by atoms with Crippen molar-refractivity contribution in [2.45, 2.75) is 66.4 Å². The predicted molar refractivity (Wildman–Crippen MR) is 70.6 cm³/mol. The number of ether oxygens (including phenoxy) is 1. The van der Waals surface area contributed by atoms with Crippen molar-refractivity contribution in [2.24, 2.45) is 10.8 Å². The topological polar surface area (TPSA) is 9.23 Å². The minimum atomic E-state index is -0.0157. The van der Waals surface area contributed by atoms with Gasteiger partial charge in [-0.3, -0.25) is 0 Å². The fourth-order valence-corrected chi connectivity index (χ4v) is 1.78. The molecular weight excluding hydrogens is 196 g/mol. The number of allylic oxidation sites excluding steroid dienone is 1. The van der Waals surface area contributed by atoms with Crippen molar-refractivity contribution < 1.29 is 4.74 Å². The highest BCUT2D eigenvalue weighted by molar-refractivity contribution is 5.08. The Morgan fingerprint density at radius 3 is 1.94 bits per heavy atom. The van der Waals surface area contributed by atoms with Gasteiger partial charge < -0.3 is 4.74 Å². The highest BCUT2D eigenvalue weighted by Gasteiger charge is 2.36. The third-order valence-corrected chi connectivity index (χ3v) is 3.08. The van der Waals surface area contributed by atoms with E-state index in [1.807, 2.05) is 0 Å². The molecule has 0 radical (unpaired) electrons. The normalized spacial score (nSPS) is 21.1. The molecular formula is C15H28O. The highest BCUT2D eigenvalue weighted by Crippen LogP contribution is 2.44. The van der Waals surface area contributed by atoms with Crippen LogP contribution in [0, 0.1) is 10.8 Å². The molecule has 0 N–H and O–H groups in total. The smallest absolute Gasteiger partial charge is 0.0598 e. The summed E-state index contributed by atoms with van der Waals surface area (Å²) in [5.74, 6) is 0. The van der Waals surface area contributed by atoms with Crippen LogP contribution in [0.4, 0.5) is 0 Å². The van der Waals surface area contributed by atoms with Crippen LogP contribution in [0.25, 0.3) is 0 Å². The van der Waals surface area contributed by atoms with Crippen LogP contribution in [-0.2, 0) is 4.74 Å². The van der Waals surface area contributed by atoms with Crippen LogP contribution < -0.4 is 0 Å². The maximum Gasteiger partial charge on any atom is 0.0598 e. The van der Waals surface area contributed by atoms with E-state index in [0.29, 0.717) is 5.41 Å². The Balaban J connectivity index is 2.55. The molecule has 0 aromatic rings. The summed E-state index contributed by atoms with van der Waals surface area (Å²) in [6, 6.07) is 0. The molecule has 1 nitrogen and oxygen atoms in total. The fourth-order valence-electron chi connectivity index (χ4n) is 1.78. The second kappa shape index (κ2) is 4.52. The quantitative estimate of drug-likeness (QED) is 0.638. The number of hydrogen-bond acceptors (Lipinski definition) is 1. The molecule has 0 unspecified atom stereocenters. The van der Waals surface area contributed by atoms with Gasteiger partial charge in [-0.1, -0.05) is 39.3 Å². The molecule has 94 valence electrons. The zero-order valence-corrected chi connectivity index (χ0v) is 11.9. The highest BCUT2D eigenvalue weighted by atomic mass is 16.5. The molecule has 1 aliphatic rings. The van der Waals surface area contributed by atoms with Crippen LogP contribution >= 0.6 is 0 Å². The van der Waals surface area contributed by atoms with Crippen molar-refractivity contribution in [1.29, 1.82) is 0 Å². The Morgan fingerprint density at radius 1 is 1.06 bits per heavy atom. The third-order valence-electron chi connectivity index (χ3n) is 3.08. The first kappa shape index (κ1) is 13.8. The fraction of sp³-hybridized carbons (Fsp3) is 0.867. The van der Waals surface area contributed by atoms with E-state index in [0.717, 1.165) is 6.61 Å². The lowest BCUT2D eigenvalue weighted by molar-refractivity contribution is -0.0600. The molecule has 1 rings (SSSR count). The van der Waals surface area contributed by atoms with Crippen molar-refractivity contribution in [3.05, 3.63) is 12.2 Å². The maximum absolute atomic E-state index is 5.95. The van der Waals surface area contributed by atoms with Crippen LogP contribution in [0.5, 0.6) is 0 Å². The lowest BCUT2D eigenvalue weighted by atomic mass is 9.68. The molecule has 0 spiro atoms. The van der Waals surface area contributed by atoms with Gasteiger partial charge in [0.25, 0.3) is 0 Å². The molecule has 0 heterocycles. The van der Waals surface area contributed by atoms with Gasteiger partial charge in [0, 0.05) is 5.41 Å². The molecule has 0 aliphatic heterocycles. The number of hydrogen-bond donors (Lipinski definition) is 0. The van der Waals surface area contributed by atoms with E-state index in [9.17, 15) is 0 Å². The molecule has 16 heavy (non-hydrogen) atoms. The first-order chi connectivity index (χ1) is 7.12. The van der Waals surface area contributed by atoms with Crippen LogP contribution in [0.2, 0.25) is 0 Å². The molecule has 0 atom stereocenters. The SMILES string of the molecule is CC(C)(C)/C=C/C1(COC(C)(C)C)CCC1. The molecule has 1 saturated carbocycles. The Morgan fingerprint density at radius 2 is 1.62 bits per heavy atom. The Hall–Kier alpha value is -0.300. The van der Waals surface area contributed by atoms with Crippen LogP contribution in [-0.4, -0.2) is 12.2 Å². The van der Waals surface area contributed by atoms with Gasteiger partial charge in [0.1, 0.15) is 0 Å². The molecule has 0 aromatic carbocycles. The van der Waals surface area contributed by atoms with Gasteiger partial charge in [0.05, 0.1) is 12.2 Å². The van der Waals surface area contributed by atoms with E-state index in [1.165, 1.54) is 19.3 Å². The zero-order valence-electron chi connectivity index (χ0n) is 11.9. The zero-order chi connectivity index (χ0) is 12.4. The molecule has 0 bridgehead atoms. The van der Waals surface area contributed by atoms with Crippen LogP contribution in [0.1, 0.15) is 60.8 Å². The van der Waals surface area contributed by atoms with Gasteiger partial charge in [0.2, 0.25) is 0 Å². The summed E-state index contributed by atoms with van der Waals surface area (Å²) in [6.07, 6.45) is 8.67. The summed E-state index contributed by atoms with van der Waals surface area (Å²) < 4.78 is 5.95. The van der Waals surface area contributed by atoms with Crippen LogP contribution in [0.15, 0.2) is 12.2 Å². The number of rotatable bonds is 3. The van der Waals surface area contributed by atoms with Crippen LogP contribution in [0.3, 0.4) is 0 Å². The summed E-state index contributed by atoms with van der Waals surface area (Å²) in [5, 5.41) is 0. The largest absolute Gasteiger partial charge is 0.375 e. The first-order valence-corrected chi connectivity index (χ1v) is 6.46. The van der Waals surface area contributed by atoms with Gasteiger partial charge in [-0.05, 0) is 39.0 Å². The van der Waals surface area contributed by atoms with Crippen molar-refractivity contribution in [2.75, 3.05) is 6.61 Å². The minimum absolute atomic E-state index is 0.0157. The summed E-state index contributed by atoms with van der Waals surface area (Å²) in [6.45, 7) is 14.0. The average molecular weight is 224 g/mol. The van der Waals surface area contributed by atoms with E-state index in [2.05, 4.69) is 53.7 Å². The van der Waals surface area contributed by atoms with Gasteiger partial charge in [-0.15, -0.1) is 0 Å². The van der Waals surface area contributed by atoms with Crippen molar-refractivity contribution in [3.8, 4) is 0 Å². The van der Waals surface area contributed by atoms with E-state index in [4.69, 9.17) is 4.74 Å². The summed E-state index contributed by atoms with van der Waals surface area (Å²) >= 11 is 0. The van der Waals surface area contributed by atoms with Gasteiger partial charge in [-0.2, -0.15) is 0 Å². The van der Waals surface area contributed by atoms with Crippen molar-refractivity contribution in [3.63, 3.8) is 0 Å². The van der Waals surface area contributed by atoms with E-state index >= 15 is 0 Å². The molecule has 1 fully saturated rings. The average Bonchev–Trinajstić information content (AvgIpc) is 1.97. The van der Waals surface area contributed by atoms with E-state index in [1.54, 1.807) is 0 Å². The first-order valence-electron chi connectivity index (χ1n) is 6.46. The second-order valence-electron chi connectivity index (χ2n) is 7.32. The molecule has 0 amide bonds. The Labute approximate surface area is 101 Å². The Bertz CT molecular complexity index is 246. The third kappa shape index (κ3) is 4.69. The van der Waals surface area contributed by atoms with Gasteiger partial charge in [-0.25, -0.2) is 0 Å². The predicted octanol–water partition coefficient (Wildman–Crippen LogP) is 4.57. The summed E-state index contributed by atoms with van der Waals surface area (Å²) in [7, 11) is 0. The van der Waals surface area contributed by atoms with Gasteiger partial charge >= 0.3 is 0 Å². The lowest BCUT2D eigenvalue weighted by Gasteiger charge is -2.41. The van der Waals surface area contributed by atoms with E-state index < -0.39 is 0 Å². The Kier molecular flexibility index (Phi) is 3.89. The van der Waals surface area contributed by atoms with Crippen molar-refractivity contribution >= 4 is 0 Å². The maximum atomic E-state index is 5.95. The summed E-state index contributed by atoms with van der Waals surface area (Å²) in [5.41, 5.74) is 0.600. The molecule has 1 heteroatoms. The lowest BCUT2D eigenvalue weighted by Crippen LogP contribution is -2.36. The molecule has 0 aromatic heterocycles. The monoisotopic (exact) mass is 224 g/mol. The van der Waals surface area contributed by atoms with Gasteiger partial charge in [0.15, 0.2) is 0 Å². The van der Waals surface area contributed by atoms with Crippen molar-refractivity contribution in [1.82, 2.24) is 0 Å². The minimum Gasteiger partial charge on any atom is -0.375 e. The second-order valence-corrected chi connectivity index (χ2v) is 7.32. The molecule has 1 aliphatic carbocycles.